The van der Waals surface area contributed by atoms with Gasteiger partial charge in [-0.25, -0.2) is 4.79 Å². The van der Waals surface area contributed by atoms with Crippen LogP contribution in [-0.2, 0) is 14.4 Å². The molecule has 1 aliphatic rings. The monoisotopic (exact) mass is 243 g/mol. The Morgan fingerprint density at radius 1 is 1.35 bits per heavy atom. The summed E-state index contributed by atoms with van der Waals surface area (Å²) in [5.41, 5.74) is 9.78. The van der Waals surface area contributed by atoms with Crippen LogP contribution in [0.3, 0.4) is 0 Å². The molecule has 0 aromatic heterocycles. The number of rotatable bonds is 6. The zero-order chi connectivity index (χ0) is 13.1. The molecule has 6 N–H and O–H groups in total. The molecule has 0 bridgehead atoms. The topological polar surface area (TPSA) is 136 Å². The third-order valence-electron chi connectivity index (χ3n) is 3.19. The van der Waals surface area contributed by atoms with Crippen LogP contribution in [0.4, 0.5) is 0 Å². The van der Waals surface area contributed by atoms with Crippen LogP contribution in [0.25, 0.3) is 0 Å². The van der Waals surface area contributed by atoms with Crippen molar-refractivity contribution >= 4 is 17.8 Å². The van der Waals surface area contributed by atoms with Gasteiger partial charge in [0.25, 0.3) is 0 Å². The lowest BCUT2D eigenvalue weighted by Gasteiger charge is -2.39. The van der Waals surface area contributed by atoms with Crippen molar-refractivity contribution in [1.82, 2.24) is 5.32 Å². The highest BCUT2D eigenvalue weighted by Gasteiger charge is 2.44. The van der Waals surface area contributed by atoms with Gasteiger partial charge >= 0.3 is 5.97 Å². The summed E-state index contributed by atoms with van der Waals surface area (Å²) < 4.78 is 0. The maximum absolute atomic E-state index is 11.9. The van der Waals surface area contributed by atoms with Gasteiger partial charge in [0.05, 0.1) is 11.8 Å². The van der Waals surface area contributed by atoms with Crippen molar-refractivity contribution in [3.63, 3.8) is 0 Å². The molecule has 1 rings (SSSR count). The van der Waals surface area contributed by atoms with Crippen LogP contribution in [0.2, 0.25) is 0 Å². The highest BCUT2D eigenvalue weighted by molar-refractivity contribution is 5.90. The van der Waals surface area contributed by atoms with Gasteiger partial charge in [-0.05, 0) is 12.8 Å². The molecular weight excluding hydrogens is 226 g/mol. The Labute approximate surface area is 98.5 Å². The minimum absolute atomic E-state index is 0.182. The first kappa shape index (κ1) is 13.4. The van der Waals surface area contributed by atoms with Gasteiger partial charge in [-0.15, -0.1) is 0 Å². The maximum atomic E-state index is 11.9. The molecule has 0 radical (unpaired) electrons. The summed E-state index contributed by atoms with van der Waals surface area (Å²) in [4.78, 5) is 33.4. The molecule has 0 saturated heterocycles. The van der Waals surface area contributed by atoms with Crippen LogP contribution < -0.4 is 16.8 Å². The SMILES string of the molecule is NCC1(C(=O)NC(CC(N)=O)C(=O)O)CCC1. The van der Waals surface area contributed by atoms with Crippen molar-refractivity contribution in [3.8, 4) is 0 Å². The van der Waals surface area contributed by atoms with E-state index in [1.54, 1.807) is 0 Å². The maximum Gasteiger partial charge on any atom is 0.326 e. The second-order valence-electron chi connectivity index (χ2n) is 4.37. The van der Waals surface area contributed by atoms with Gasteiger partial charge in [0, 0.05) is 6.54 Å². The van der Waals surface area contributed by atoms with E-state index in [0.29, 0.717) is 12.8 Å². The lowest BCUT2D eigenvalue weighted by Crippen LogP contribution is -2.55. The van der Waals surface area contributed by atoms with E-state index >= 15 is 0 Å². The fourth-order valence-electron chi connectivity index (χ4n) is 1.84. The van der Waals surface area contributed by atoms with Crippen molar-refractivity contribution < 1.29 is 19.5 Å². The van der Waals surface area contributed by atoms with Gasteiger partial charge in [-0.3, -0.25) is 9.59 Å². The fourth-order valence-corrected chi connectivity index (χ4v) is 1.84. The summed E-state index contributed by atoms with van der Waals surface area (Å²) in [5, 5.41) is 11.2. The summed E-state index contributed by atoms with van der Waals surface area (Å²) in [6.07, 6.45) is 1.79. The summed E-state index contributed by atoms with van der Waals surface area (Å²) in [6.45, 7) is 0.182. The molecule has 0 heterocycles. The Balaban J connectivity index is 2.63. The van der Waals surface area contributed by atoms with E-state index in [0.717, 1.165) is 6.42 Å². The van der Waals surface area contributed by atoms with Crippen molar-refractivity contribution in [3.05, 3.63) is 0 Å². The minimum atomic E-state index is -1.27. The Kier molecular flexibility index (Phi) is 4.06. The number of carbonyl (C=O) groups excluding carboxylic acids is 2. The fraction of sp³-hybridized carbons (Fsp3) is 0.700. The van der Waals surface area contributed by atoms with Gasteiger partial charge in [0.1, 0.15) is 6.04 Å². The first-order valence-corrected chi connectivity index (χ1v) is 5.43. The molecular formula is C10H17N3O4. The molecule has 1 fully saturated rings. The normalized spacial score (nSPS) is 18.9. The summed E-state index contributed by atoms with van der Waals surface area (Å²) in [7, 11) is 0. The molecule has 7 heteroatoms. The van der Waals surface area contributed by atoms with E-state index in [4.69, 9.17) is 16.6 Å². The van der Waals surface area contributed by atoms with Gasteiger partial charge in [-0.2, -0.15) is 0 Å². The Morgan fingerprint density at radius 2 is 1.94 bits per heavy atom. The zero-order valence-corrected chi connectivity index (χ0v) is 9.44. The number of carbonyl (C=O) groups is 3. The van der Waals surface area contributed by atoms with E-state index in [2.05, 4.69) is 5.32 Å². The molecule has 1 aliphatic carbocycles. The largest absolute Gasteiger partial charge is 0.480 e. The summed E-state index contributed by atoms with van der Waals surface area (Å²) in [5.74, 6) is -2.45. The highest BCUT2D eigenvalue weighted by atomic mass is 16.4. The van der Waals surface area contributed by atoms with E-state index in [-0.39, 0.29) is 6.54 Å². The molecule has 96 valence electrons. The molecule has 1 atom stereocenters. The van der Waals surface area contributed by atoms with Crippen LogP contribution in [0.15, 0.2) is 0 Å². The lowest BCUT2D eigenvalue weighted by molar-refractivity contribution is -0.146. The van der Waals surface area contributed by atoms with Crippen LogP contribution in [-0.4, -0.2) is 35.5 Å². The quantitative estimate of drug-likeness (QED) is 0.453. The molecule has 0 aliphatic heterocycles. The lowest BCUT2D eigenvalue weighted by atomic mass is 9.68. The third-order valence-corrected chi connectivity index (χ3v) is 3.19. The van der Waals surface area contributed by atoms with Crippen molar-refractivity contribution in [2.24, 2.45) is 16.9 Å². The first-order chi connectivity index (χ1) is 7.91. The summed E-state index contributed by atoms with van der Waals surface area (Å²) in [6, 6.07) is -1.27. The molecule has 1 saturated carbocycles. The van der Waals surface area contributed by atoms with Crippen LogP contribution in [0.5, 0.6) is 0 Å². The van der Waals surface area contributed by atoms with Gasteiger partial charge in [0.2, 0.25) is 11.8 Å². The standard InChI is InChI=1S/C10H17N3O4/c11-5-10(2-1-3-10)9(17)13-6(8(15)16)4-7(12)14/h6H,1-5,11H2,(H2,12,14)(H,13,17)(H,15,16). The number of amides is 2. The van der Waals surface area contributed by atoms with Gasteiger partial charge in [-0.1, -0.05) is 6.42 Å². The second kappa shape index (κ2) is 5.13. The number of primary amides is 1. The van der Waals surface area contributed by atoms with E-state index in [1.807, 2.05) is 0 Å². The molecule has 17 heavy (non-hydrogen) atoms. The van der Waals surface area contributed by atoms with Crippen molar-refractivity contribution in [1.29, 1.82) is 0 Å². The highest BCUT2D eigenvalue weighted by Crippen LogP contribution is 2.40. The van der Waals surface area contributed by atoms with Crippen molar-refractivity contribution in [2.45, 2.75) is 31.7 Å². The molecule has 0 spiro atoms. The number of hydrogen-bond donors (Lipinski definition) is 4. The molecule has 1 unspecified atom stereocenters. The number of hydrogen-bond acceptors (Lipinski definition) is 4. The molecule has 0 aromatic rings. The Bertz CT molecular complexity index is 333. The molecule has 7 nitrogen and oxygen atoms in total. The first-order valence-electron chi connectivity index (χ1n) is 5.43. The van der Waals surface area contributed by atoms with Crippen LogP contribution in [0, 0.1) is 5.41 Å². The number of aliphatic carboxylic acids is 1. The summed E-state index contributed by atoms with van der Waals surface area (Å²) >= 11 is 0. The van der Waals surface area contributed by atoms with E-state index in [9.17, 15) is 14.4 Å². The average Bonchev–Trinajstić information content (AvgIpc) is 2.14. The van der Waals surface area contributed by atoms with Crippen LogP contribution in [0.1, 0.15) is 25.7 Å². The van der Waals surface area contributed by atoms with E-state index < -0.39 is 35.7 Å². The molecule has 2 amide bonds. The minimum Gasteiger partial charge on any atom is -0.480 e. The number of carboxylic acid groups (broad SMARTS) is 1. The number of carboxylic acids is 1. The number of nitrogens with one attached hydrogen (secondary N) is 1. The van der Waals surface area contributed by atoms with Crippen LogP contribution >= 0.6 is 0 Å². The number of nitrogens with two attached hydrogens (primary N) is 2. The van der Waals surface area contributed by atoms with E-state index in [1.165, 1.54) is 0 Å². The Morgan fingerprint density at radius 3 is 2.24 bits per heavy atom. The molecule has 0 aromatic carbocycles. The third kappa shape index (κ3) is 2.94. The van der Waals surface area contributed by atoms with Gasteiger partial charge < -0.3 is 21.9 Å². The van der Waals surface area contributed by atoms with Gasteiger partial charge in [0.15, 0.2) is 0 Å². The Hall–Kier alpha value is -1.63. The van der Waals surface area contributed by atoms with Crippen molar-refractivity contribution in [2.75, 3.05) is 6.54 Å². The second-order valence-corrected chi connectivity index (χ2v) is 4.37. The smallest absolute Gasteiger partial charge is 0.326 e. The average molecular weight is 243 g/mol. The predicted molar refractivity (Wildman–Crippen MR) is 58.7 cm³/mol. The zero-order valence-electron chi connectivity index (χ0n) is 9.44. The predicted octanol–water partition coefficient (Wildman–Crippen LogP) is -1.44.